The fourth-order valence-electron chi connectivity index (χ4n) is 0.643. The molecule has 1 heterocycles. The lowest BCUT2D eigenvalue weighted by Crippen LogP contribution is -2.09. The van der Waals surface area contributed by atoms with Crippen LogP contribution in [0.1, 0.15) is 0 Å². The molecule has 6 nitrogen and oxygen atoms in total. The second-order valence-corrected chi connectivity index (χ2v) is 1.74. The number of nitrogens with zero attached hydrogens (tertiary/aromatic N) is 1. The Hall–Kier alpha value is -1.69. The maximum atomic E-state index is 10.5. The third-order valence-corrected chi connectivity index (χ3v) is 1.10. The molecule has 60 valence electrons. The van der Waals surface area contributed by atoms with Gasteiger partial charge < -0.3 is 10.2 Å². The van der Waals surface area contributed by atoms with E-state index in [0.29, 0.717) is 4.57 Å². The summed E-state index contributed by atoms with van der Waals surface area (Å²) in [5, 5.41) is 25.5. The predicted octanol–water partition coefficient (Wildman–Crippen LogP) is 0.357. The van der Waals surface area contributed by atoms with Crippen LogP contribution in [0, 0.1) is 0 Å². The second-order valence-electron chi connectivity index (χ2n) is 1.74. The molecule has 3 N–H and O–H groups in total. The molecule has 6 heteroatoms. The van der Waals surface area contributed by atoms with Crippen LogP contribution in [0.25, 0.3) is 0 Å². The topological polar surface area (TPSA) is 91.9 Å². The maximum Gasteiger partial charge on any atom is 0.454 e. The third kappa shape index (κ3) is 1.10. The van der Waals surface area contributed by atoms with Crippen LogP contribution in [0.5, 0.6) is 11.8 Å². The van der Waals surface area contributed by atoms with Crippen molar-refractivity contribution < 1.29 is 25.2 Å². The first-order valence-electron chi connectivity index (χ1n) is 2.62. The molecule has 11 heavy (non-hydrogen) atoms. The van der Waals surface area contributed by atoms with Crippen LogP contribution in [0.2, 0.25) is 0 Å². The van der Waals surface area contributed by atoms with E-state index in [4.69, 9.17) is 15.5 Å². The Bertz CT molecular complexity index is 259. The van der Waals surface area contributed by atoms with Crippen LogP contribution in [-0.4, -0.2) is 26.1 Å². The Morgan fingerprint density at radius 2 is 1.82 bits per heavy atom. The zero-order chi connectivity index (χ0) is 8.43. The summed E-state index contributed by atoms with van der Waals surface area (Å²) in [4.78, 5) is 13.7. The molecule has 0 aliphatic rings. The largest absolute Gasteiger partial charge is 0.494 e. The molecule has 0 radical (unpaired) electrons. The molecule has 0 saturated heterocycles. The summed E-state index contributed by atoms with van der Waals surface area (Å²) >= 11 is 0. The van der Waals surface area contributed by atoms with Crippen LogP contribution < -0.4 is 0 Å². The number of hydrogen-bond donors (Lipinski definition) is 3. The molecule has 0 atom stereocenters. The van der Waals surface area contributed by atoms with E-state index in [2.05, 4.69) is 4.89 Å². The van der Waals surface area contributed by atoms with Gasteiger partial charge in [-0.05, 0) is 0 Å². The van der Waals surface area contributed by atoms with Crippen molar-refractivity contribution in [1.29, 1.82) is 0 Å². The third-order valence-electron chi connectivity index (χ3n) is 1.10. The van der Waals surface area contributed by atoms with Crippen molar-refractivity contribution in [3.63, 3.8) is 0 Å². The minimum absolute atomic E-state index is 0.389. The van der Waals surface area contributed by atoms with E-state index in [-0.39, 0.29) is 0 Å². The van der Waals surface area contributed by atoms with Crippen LogP contribution in [0.15, 0.2) is 12.1 Å². The Morgan fingerprint density at radius 1 is 1.36 bits per heavy atom. The molecular formula is C5H5NO5. The van der Waals surface area contributed by atoms with Crippen LogP contribution in [-0.2, 0) is 4.89 Å². The summed E-state index contributed by atoms with van der Waals surface area (Å²) in [5.74, 6) is -1.02. The molecule has 0 fully saturated rings. The van der Waals surface area contributed by atoms with Crippen LogP contribution in [0.3, 0.4) is 0 Å². The van der Waals surface area contributed by atoms with E-state index in [0.717, 1.165) is 12.1 Å². The van der Waals surface area contributed by atoms with Crippen LogP contribution >= 0.6 is 0 Å². The highest BCUT2D eigenvalue weighted by Crippen LogP contribution is 2.20. The first-order valence-corrected chi connectivity index (χ1v) is 2.62. The summed E-state index contributed by atoms with van der Waals surface area (Å²) in [7, 11) is 0. The van der Waals surface area contributed by atoms with Gasteiger partial charge in [0.15, 0.2) is 0 Å². The summed E-state index contributed by atoms with van der Waals surface area (Å²) in [6.07, 6.45) is -1.27. The van der Waals surface area contributed by atoms with Gasteiger partial charge in [-0.25, -0.2) is 4.79 Å². The molecule has 0 bridgehead atoms. The maximum absolute atomic E-state index is 10.5. The lowest BCUT2D eigenvalue weighted by atomic mass is 10.6. The molecule has 0 unspecified atom stereocenters. The fraction of sp³-hybridized carbons (Fsp3) is 0. The van der Waals surface area contributed by atoms with Gasteiger partial charge in [-0.2, -0.15) is 9.82 Å². The number of hydrogen-bond acceptors (Lipinski definition) is 5. The van der Waals surface area contributed by atoms with E-state index in [1.54, 1.807) is 0 Å². The standard InChI is InChI=1S/C5H5NO5/c7-3-1-2-4(8)6(3)5(9)11-10/h1-2,7-8,10H. The molecule has 1 rings (SSSR count). The smallest absolute Gasteiger partial charge is 0.454 e. The Kier molecular flexibility index (Phi) is 1.69. The fourth-order valence-corrected chi connectivity index (χ4v) is 0.643. The van der Waals surface area contributed by atoms with Crippen molar-refractivity contribution in [2.24, 2.45) is 0 Å². The summed E-state index contributed by atoms with van der Waals surface area (Å²) < 4.78 is 0.389. The highest BCUT2D eigenvalue weighted by molar-refractivity contribution is 5.73. The van der Waals surface area contributed by atoms with E-state index in [1.807, 2.05) is 0 Å². The molecule has 0 aliphatic carbocycles. The highest BCUT2D eigenvalue weighted by Gasteiger charge is 2.14. The van der Waals surface area contributed by atoms with Gasteiger partial charge in [0.1, 0.15) is 0 Å². The van der Waals surface area contributed by atoms with Gasteiger partial charge in [0, 0.05) is 12.1 Å². The van der Waals surface area contributed by atoms with E-state index in [1.165, 1.54) is 0 Å². The Labute approximate surface area is 60.8 Å². The first kappa shape index (κ1) is 7.42. The van der Waals surface area contributed by atoms with E-state index < -0.39 is 17.9 Å². The number of aromatic hydroxyl groups is 2. The molecule has 0 aliphatic heterocycles. The highest BCUT2D eigenvalue weighted by atomic mass is 17.1. The zero-order valence-corrected chi connectivity index (χ0v) is 5.26. The van der Waals surface area contributed by atoms with Crippen molar-refractivity contribution in [2.45, 2.75) is 0 Å². The lowest BCUT2D eigenvalue weighted by Gasteiger charge is -1.99. The molecule has 0 saturated carbocycles. The van der Waals surface area contributed by atoms with Gasteiger partial charge in [0.2, 0.25) is 11.8 Å². The molecule has 0 amide bonds. The zero-order valence-electron chi connectivity index (χ0n) is 5.26. The van der Waals surface area contributed by atoms with Crippen molar-refractivity contribution >= 4 is 6.09 Å². The van der Waals surface area contributed by atoms with Gasteiger partial charge in [0.05, 0.1) is 0 Å². The SMILES string of the molecule is O=C(OO)n1c(O)ccc1O. The predicted molar refractivity (Wildman–Crippen MR) is 32.3 cm³/mol. The van der Waals surface area contributed by atoms with Crippen molar-refractivity contribution in [3.8, 4) is 11.8 Å². The first-order chi connectivity index (χ1) is 5.16. The van der Waals surface area contributed by atoms with Gasteiger partial charge in [-0.3, -0.25) is 4.89 Å². The minimum atomic E-state index is -1.27. The normalized spacial score (nSPS) is 9.55. The van der Waals surface area contributed by atoms with E-state index in [9.17, 15) is 4.79 Å². The Balaban J connectivity index is 3.10. The molecule has 0 spiro atoms. The quantitative estimate of drug-likeness (QED) is 0.375. The summed E-state index contributed by atoms with van der Waals surface area (Å²) in [6.45, 7) is 0. The number of aromatic nitrogens is 1. The molecular weight excluding hydrogens is 154 g/mol. The number of carbonyl (C=O) groups is 1. The van der Waals surface area contributed by atoms with E-state index >= 15 is 0 Å². The van der Waals surface area contributed by atoms with Gasteiger partial charge >= 0.3 is 6.09 Å². The molecule has 0 aromatic carbocycles. The van der Waals surface area contributed by atoms with Gasteiger partial charge in [0.25, 0.3) is 0 Å². The van der Waals surface area contributed by atoms with Crippen LogP contribution in [0.4, 0.5) is 4.79 Å². The van der Waals surface area contributed by atoms with Crippen molar-refractivity contribution in [2.75, 3.05) is 0 Å². The average molecular weight is 159 g/mol. The summed E-state index contributed by atoms with van der Waals surface area (Å²) in [6, 6.07) is 2.15. The number of rotatable bonds is 0. The van der Waals surface area contributed by atoms with Gasteiger partial charge in [-0.15, -0.1) is 0 Å². The summed E-state index contributed by atoms with van der Waals surface area (Å²) in [5.41, 5.74) is 0. The molecule has 1 aromatic rings. The monoisotopic (exact) mass is 159 g/mol. The number of carbonyl (C=O) groups excluding carboxylic acids is 1. The minimum Gasteiger partial charge on any atom is -0.494 e. The Morgan fingerprint density at radius 3 is 2.18 bits per heavy atom. The second kappa shape index (κ2) is 2.51. The lowest BCUT2D eigenvalue weighted by molar-refractivity contribution is -0.178. The van der Waals surface area contributed by atoms with Crippen molar-refractivity contribution in [3.05, 3.63) is 12.1 Å². The average Bonchev–Trinajstić information content (AvgIpc) is 2.30. The molecule has 1 aromatic heterocycles. The van der Waals surface area contributed by atoms with Crippen molar-refractivity contribution in [1.82, 2.24) is 4.57 Å². The van der Waals surface area contributed by atoms with Gasteiger partial charge in [-0.1, -0.05) is 0 Å².